The van der Waals surface area contributed by atoms with Gasteiger partial charge in [0, 0.05) is 39.4 Å². The third kappa shape index (κ3) is 5.89. The van der Waals surface area contributed by atoms with Crippen molar-refractivity contribution in [1.29, 1.82) is 0 Å². The molecule has 0 saturated carbocycles. The summed E-state index contributed by atoms with van der Waals surface area (Å²) in [5.41, 5.74) is 16.6. The maximum atomic E-state index is 2.43. The topological polar surface area (TPSA) is 6.48 Å². The predicted molar refractivity (Wildman–Crippen MR) is 224 cm³/mol. The fraction of sp³-hybridized carbons (Fsp3) is 0.0588. The maximum Gasteiger partial charge on any atom is 0.0543 e. The molecule has 2 nitrogen and oxygen atoms in total. The first-order chi connectivity index (χ1) is 26.1. The normalized spacial score (nSPS) is 12.5. The Morgan fingerprint density at radius 3 is 1.32 bits per heavy atom. The quantitative estimate of drug-likeness (QED) is 0.158. The van der Waals surface area contributed by atoms with Gasteiger partial charge in [-0.25, -0.2) is 0 Å². The van der Waals surface area contributed by atoms with Crippen molar-refractivity contribution < 1.29 is 0 Å². The molecule has 8 aromatic carbocycles. The number of hydrogen-bond acceptors (Lipinski definition) is 2. The SMILES string of the molecule is CC1(C)c2cc(N(c3ccccc3)c3cccc(-c4ccccc4)c3)ccc2-c2c(N(c3ccccc3)c3cccc(-c4ccccc4)c3)cccc21. The first-order valence-electron chi connectivity index (χ1n) is 18.4. The summed E-state index contributed by atoms with van der Waals surface area (Å²) in [6, 6.07) is 74.4. The molecule has 8 aromatic rings. The minimum Gasteiger partial charge on any atom is -0.310 e. The number of hydrogen-bond donors (Lipinski definition) is 0. The molecule has 53 heavy (non-hydrogen) atoms. The van der Waals surface area contributed by atoms with Crippen LogP contribution in [0.25, 0.3) is 33.4 Å². The molecule has 0 fully saturated rings. The van der Waals surface area contributed by atoms with Crippen molar-refractivity contribution >= 4 is 34.1 Å². The second kappa shape index (κ2) is 13.5. The van der Waals surface area contributed by atoms with Crippen molar-refractivity contribution in [2.45, 2.75) is 19.3 Å². The van der Waals surface area contributed by atoms with Gasteiger partial charge in [0.1, 0.15) is 0 Å². The molecule has 2 heteroatoms. The van der Waals surface area contributed by atoms with Gasteiger partial charge in [0.25, 0.3) is 0 Å². The van der Waals surface area contributed by atoms with Gasteiger partial charge in [-0.1, -0.05) is 153 Å². The lowest BCUT2D eigenvalue weighted by Gasteiger charge is -2.29. The number of anilines is 6. The van der Waals surface area contributed by atoms with Crippen LogP contribution in [0.3, 0.4) is 0 Å². The highest BCUT2D eigenvalue weighted by molar-refractivity contribution is 5.96. The van der Waals surface area contributed by atoms with Crippen LogP contribution in [-0.2, 0) is 5.41 Å². The van der Waals surface area contributed by atoms with Crippen molar-refractivity contribution in [1.82, 2.24) is 0 Å². The Balaban J connectivity index is 1.20. The highest BCUT2D eigenvalue weighted by Gasteiger charge is 2.38. The standard InChI is InChI=1S/C51H40N2/c1-51(2)47-30-17-31-49(53(42-26-13-6-14-27-42)44-29-16-23-40(35-44)38-20-9-4-10-21-38)50(47)46-33-32-45(36-48(46)51)52(41-24-11-5-12-25-41)43-28-15-22-39(34-43)37-18-7-3-8-19-37/h3-36H,1-2H3. The maximum absolute atomic E-state index is 2.43. The van der Waals surface area contributed by atoms with E-state index in [4.69, 9.17) is 0 Å². The summed E-state index contributed by atoms with van der Waals surface area (Å²) in [5, 5.41) is 0. The van der Waals surface area contributed by atoms with Crippen LogP contribution >= 0.6 is 0 Å². The van der Waals surface area contributed by atoms with Crippen LogP contribution in [0.5, 0.6) is 0 Å². The van der Waals surface area contributed by atoms with E-state index in [1.165, 1.54) is 50.2 Å². The van der Waals surface area contributed by atoms with E-state index < -0.39 is 0 Å². The summed E-state index contributed by atoms with van der Waals surface area (Å²) >= 11 is 0. The molecule has 0 N–H and O–H groups in total. The van der Waals surface area contributed by atoms with E-state index in [0.717, 1.165) is 28.4 Å². The molecule has 0 aromatic heterocycles. The Morgan fingerprint density at radius 1 is 0.321 bits per heavy atom. The molecule has 0 saturated heterocycles. The third-order valence-electron chi connectivity index (χ3n) is 10.6. The lowest BCUT2D eigenvalue weighted by atomic mass is 9.82. The van der Waals surface area contributed by atoms with Crippen LogP contribution in [0, 0.1) is 0 Å². The van der Waals surface area contributed by atoms with Gasteiger partial charge in [-0.2, -0.15) is 0 Å². The number of para-hydroxylation sites is 2. The first-order valence-corrected chi connectivity index (χ1v) is 18.4. The zero-order valence-corrected chi connectivity index (χ0v) is 30.0. The van der Waals surface area contributed by atoms with Crippen LogP contribution in [0.4, 0.5) is 34.1 Å². The molecule has 0 aliphatic heterocycles. The summed E-state index contributed by atoms with van der Waals surface area (Å²) in [6.07, 6.45) is 0. The molecule has 1 aliphatic rings. The van der Waals surface area contributed by atoms with Gasteiger partial charge in [-0.05, 0) is 106 Å². The smallest absolute Gasteiger partial charge is 0.0543 e. The van der Waals surface area contributed by atoms with Crippen LogP contribution < -0.4 is 9.80 Å². The Hall–Kier alpha value is -6.64. The summed E-state index contributed by atoms with van der Waals surface area (Å²) in [5.74, 6) is 0. The fourth-order valence-electron chi connectivity index (χ4n) is 8.02. The zero-order valence-electron chi connectivity index (χ0n) is 30.0. The van der Waals surface area contributed by atoms with Gasteiger partial charge < -0.3 is 9.80 Å². The van der Waals surface area contributed by atoms with E-state index in [1.807, 2.05) is 0 Å². The van der Waals surface area contributed by atoms with E-state index in [9.17, 15) is 0 Å². The monoisotopic (exact) mass is 680 g/mol. The van der Waals surface area contributed by atoms with Crippen LogP contribution in [-0.4, -0.2) is 0 Å². The van der Waals surface area contributed by atoms with Crippen molar-refractivity contribution in [3.05, 3.63) is 217 Å². The van der Waals surface area contributed by atoms with Crippen molar-refractivity contribution in [3.8, 4) is 33.4 Å². The first kappa shape index (κ1) is 32.3. The molecule has 0 unspecified atom stereocenters. The molecule has 1 aliphatic carbocycles. The highest BCUT2D eigenvalue weighted by Crippen LogP contribution is 2.55. The second-order valence-electron chi connectivity index (χ2n) is 14.2. The van der Waals surface area contributed by atoms with E-state index in [1.54, 1.807) is 0 Å². The molecule has 0 spiro atoms. The van der Waals surface area contributed by atoms with E-state index >= 15 is 0 Å². The summed E-state index contributed by atoms with van der Waals surface area (Å²) in [6.45, 7) is 4.74. The second-order valence-corrected chi connectivity index (χ2v) is 14.2. The summed E-state index contributed by atoms with van der Waals surface area (Å²) < 4.78 is 0. The molecule has 0 atom stereocenters. The van der Waals surface area contributed by atoms with Crippen LogP contribution in [0.1, 0.15) is 25.0 Å². The van der Waals surface area contributed by atoms with Crippen molar-refractivity contribution in [2.75, 3.05) is 9.80 Å². The lowest BCUT2D eigenvalue weighted by molar-refractivity contribution is 0.660. The van der Waals surface area contributed by atoms with E-state index in [-0.39, 0.29) is 5.41 Å². The van der Waals surface area contributed by atoms with Gasteiger partial charge in [0.15, 0.2) is 0 Å². The largest absolute Gasteiger partial charge is 0.310 e. The Morgan fingerprint density at radius 2 is 0.755 bits per heavy atom. The average molecular weight is 681 g/mol. The van der Waals surface area contributed by atoms with Crippen molar-refractivity contribution in [3.63, 3.8) is 0 Å². The Kier molecular flexibility index (Phi) is 8.21. The van der Waals surface area contributed by atoms with Gasteiger partial charge in [0.05, 0.1) is 5.69 Å². The summed E-state index contributed by atoms with van der Waals surface area (Å²) in [7, 11) is 0. The van der Waals surface area contributed by atoms with Gasteiger partial charge in [-0.3, -0.25) is 0 Å². The molecule has 0 heterocycles. The predicted octanol–water partition coefficient (Wildman–Crippen LogP) is 14.3. The number of fused-ring (bicyclic) bond motifs is 3. The minimum absolute atomic E-state index is 0.223. The number of benzene rings is 8. The number of rotatable bonds is 8. The average Bonchev–Trinajstić information content (AvgIpc) is 3.46. The molecule has 0 radical (unpaired) electrons. The highest BCUT2D eigenvalue weighted by atomic mass is 15.2. The van der Waals surface area contributed by atoms with E-state index in [0.29, 0.717) is 0 Å². The Labute approximate surface area is 312 Å². The molecule has 254 valence electrons. The minimum atomic E-state index is -0.223. The zero-order chi connectivity index (χ0) is 35.8. The molecular formula is C51H40N2. The van der Waals surface area contributed by atoms with Crippen molar-refractivity contribution in [2.24, 2.45) is 0 Å². The summed E-state index contributed by atoms with van der Waals surface area (Å²) in [4.78, 5) is 4.81. The Bertz CT molecular complexity index is 2520. The lowest BCUT2D eigenvalue weighted by Crippen LogP contribution is -2.17. The molecule has 0 amide bonds. The third-order valence-corrected chi connectivity index (χ3v) is 10.6. The van der Waals surface area contributed by atoms with Gasteiger partial charge in [-0.15, -0.1) is 0 Å². The van der Waals surface area contributed by atoms with E-state index in [2.05, 4.69) is 230 Å². The molecular weight excluding hydrogens is 641 g/mol. The fourth-order valence-corrected chi connectivity index (χ4v) is 8.02. The number of nitrogens with zero attached hydrogens (tertiary/aromatic N) is 2. The van der Waals surface area contributed by atoms with Crippen LogP contribution in [0.2, 0.25) is 0 Å². The van der Waals surface area contributed by atoms with Gasteiger partial charge in [0.2, 0.25) is 0 Å². The molecule has 0 bridgehead atoms. The van der Waals surface area contributed by atoms with Gasteiger partial charge >= 0.3 is 0 Å². The molecule has 9 rings (SSSR count). The van der Waals surface area contributed by atoms with Crippen LogP contribution in [0.15, 0.2) is 206 Å².